The lowest BCUT2D eigenvalue weighted by Gasteiger charge is -2.17. The average molecular weight is 300 g/mol. The van der Waals surface area contributed by atoms with Crippen molar-refractivity contribution in [3.8, 4) is 5.75 Å². The molecular weight excluding hydrogens is 280 g/mol. The molecule has 0 aromatic heterocycles. The monoisotopic (exact) mass is 300 g/mol. The van der Waals surface area contributed by atoms with Crippen molar-refractivity contribution < 1.29 is 4.74 Å². The molecule has 0 aliphatic heterocycles. The molecule has 0 bridgehead atoms. The van der Waals surface area contributed by atoms with E-state index in [1.807, 2.05) is 61.5 Å². The summed E-state index contributed by atoms with van der Waals surface area (Å²) in [7, 11) is 0. The van der Waals surface area contributed by atoms with E-state index in [9.17, 15) is 0 Å². The van der Waals surface area contributed by atoms with Crippen molar-refractivity contribution in [1.82, 2.24) is 5.32 Å². The summed E-state index contributed by atoms with van der Waals surface area (Å²) in [6.07, 6.45) is 0. The van der Waals surface area contributed by atoms with Crippen LogP contribution in [0, 0.1) is 0 Å². The van der Waals surface area contributed by atoms with Crippen molar-refractivity contribution in [3.63, 3.8) is 0 Å². The minimum Gasteiger partial charge on any atom is -0.494 e. The largest absolute Gasteiger partial charge is 0.494 e. The molecule has 0 saturated heterocycles. The van der Waals surface area contributed by atoms with Crippen molar-refractivity contribution >= 4 is 23.0 Å². The van der Waals surface area contributed by atoms with Crippen molar-refractivity contribution in [2.45, 2.75) is 19.9 Å². The van der Waals surface area contributed by atoms with E-state index in [-0.39, 0.29) is 6.04 Å². The Balaban J connectivity index is 1.91. The summed E-state index contributed by atoms with van der Waals surface area (Å²) in [5.41, 5.74) is 2.14. The molecule has 21 heavy (non-hydrogen) atoms. The van der Waals surface area contributed by atoms with Crippen LogP contribution in [0.25, 0.3) is 0 Å². The summed E-state index contributed by atoms with van der Waals surface area (Å²) in [6, 6.07) is 18.1. The van der Waals surface area contributed by atoms with Crippen molar-refractivity contribution in [2.75, 3.05) is 11.9 Å². The van der Waals surface area contributed by atoms with Crippen LogP contribution in [0.5, 0.6) is 5.75 Å². The van der Waals surface area contributed by atoms with Gasteiger partial charge in [-0.3, -0.25) is 0 Å². The van der Waals surface area contributed by atoms with Gasteiger partial charge in [0, 0.05) is 5.69 Å². The first kappa shape index (κ1) is 15.3. The molecule has 0 fully saturated rings. The highest BCUT2D eigenvalue weighted by Crippen LogP contribution is 2.17. The van der Waals surface area contributed by atoms with Crippen LogP contribution in [-0.2, 0) is 0 Å². The van der Waals surface area contributed by atoms with E-state index in [4.69, 9.17) is 17.0 Å². The minimum absolute atomic E-state index is 0.129. The number of ether oxygens (including phenoxy) is 1. The number of hydrogen-bond donors (Lipinski definition) is 2. The number of para-hydroxylation sites is 1. The van der Waals surface area contributed by atoms with Crippen LogP contribution < -0.4 is 15.4 Å². The maximum absolute atomic E-state index is 5.44. The molecule has 0 radical (unpaired) electrons. The first-order valence-electron chi connectivity index (χ1n) is 7.04. The summed E-state index contributed by atoms with van der Waals surface area (Å²) in [4.78, 5) is 0. The molecule has 0 spiro atoms. The number of rotatable bonds is 5. The van der Waals surface area contributed by atoms with Gasteiger partial charge in [-0.15, -0.1) is 0 Å². The highest BCUT2D eigenvalue weighted by molar-refractivity contribution is 7.80. The van der Waals surface area contributed by atoms with Crippen molar-refractivity contribution in [3.05, 3.63) is 60.2 Å². The zero-order chi connectivity index (χ0) is 15.1. The summed E-state index contributed by atoms with van der Waals surface area (Å²) in [5, 5.41) is 7.06. The van der Waals surface area contributed by atoms with Crippen LogP contribution in [0.15, 0.2) is 54.6 Å². The molecule has 0 heterocycles. The Kier molecular flexibility index (Phi) is 5.58. The van der Waals surface area contributed by atoms with E-state index in [0.717, 1.165) is 17.0 Å². The van der Waals surface area contributed by atoms with Gasteiger partial charge in [0.25, 0.3) is 0 Å². The summed E-state index contributed by atoms with van der Waals surface area (Å²) >= 11 is 5.33. The summed E-state index contributed by atoms with van der Waals surface area (Å²) < 4.78 is 5.44. The van der Waals surface area contributed by atoms with Gasteiger partial charge >= 0.3 is 0 Å². The Hall–Kier alpha value is -2.07. The van der Waals surface area contributed by atoms with Gasteiger partial charge in [-0.2, -0.15) is 0 Å². The molecule has 4 heteroatoms. The number of nitrogens with one attached hydrogen (secondary N) is 2. The molecule has 110 valence electrons. The second kappa shape index (κ2) is 7.64. The molecule has 0 saturated carbocycles. The smallest absolute Gasteiger partial charge is 0.171 e. The topological polar surface area (TPSA) is 33.3 Å². The zero-order valence-electron chi connectivity index (χ0n) is 12.3. The SMILES string of the molecule is CCOc1ccc([C@@H](C)NC(=S)Nc2ccccc2)cc1. The van der Waals surface area contributed by atoms with Gasteiger partial charge in [-0.25, -0.2) is 0 Å². The van der Waals surface area contributed by atoms with E-state index in [2.05, 4.69) is 17.6 Å². The molecule has 2 rings (SSSR count). The summed E-state index contributed by atoms with van der Waals surface area (Å²) in [5.74, 6) is 0.887. The predicted octanol–water partition coefficient (Wildman–Crippen LogP) is 4.13. The van der Waals surface area contributed by atoms with E-state index in [1.165, 1.54) is 0 Å². The van der Waals surface area contributed by atoms with Crippen molar-refractivity contribution in [1.29, 1.82) is 0 Å². The maximum atomic E-state index is 5.44. The lowest BCUT2D eigenvalue weighted by Crippen LogP contribution is -2.30. The fourth-order valence-electron chi connectivity index (χ4n) is 1.99. The predicted molar refractivity (Wildman–Crippen MR) is 91.8 cm³/mol. The maximum Gasteiger partial charge on any atom is 0.171 e. The highest BCUT2D eigenvalue weighted by atomic mass is 32.1. The Morgan fingerprint density at radius 3 is 2.38 bits per heavy atom. The van der Waals surface area contributed by atoms with E-state index in [0.29, 0.717) is 11.7 Å². The highest BCUT2D eigenvalue weighted by Gasteiger charge is 2.07. The van der Waals surface area contributed by atoms with Crippen molar-refractivity contribution in [2.24, 2.45) is 0 Å². The van der Waals surface area contributed by atoms with Gasteiger partial charge in [0.2, 0.25) is 0 Å². The Bertz CT molecular complexity index is 569. The third kappa shape index (κ3) is 4.76. The first-order chi connectivity index (χ1) is 10.2. The Morgan fingerprint density at radius 2 is 1.76 bits per heavy atom. The normalized spacial score (nSPS) is 11.5. The van der Waals surface area contributed by atoms with E-state index < -0.39 is 0 Å². The fraction of sp³-hybridized carbons (Fsp3) is 0.235. The third-order valence-electron chi connectivity index (χ3n) is 3.07. The number of anilines is 1. The van der Waals surface area contributed by atoms with Crippen LogP contribution in [0.3, 0.4) is 0 Å². The molecule has 0 unspecified atom stereocenters. The van der Waals surface area contributed by atoms with Crippen LogP contribution in [0.4, 0.5) is 5.69 Å². The van der Waals surface area contributed by atoms with Crippen LogP contribution in [-0.4, -0.2) is 11.7 Å². The molecule has 2 N–H and O–H groups in total. The second-order valence-corrected chi connectivity index (χ2v) is 5.10. The van der Waals surface area contributed by atoms with Gasteiger partial charge in [-0.1, -0.05) is 30.3 Å². The number of thiocarbonyl (C=S) groups is 1. The zero-order valence-corrected chi connectivity index (χ0v) is 13.1. The first-order valence-corrected chi connectivity index (χ1v) is 7.45. The molecule has 1 atom stereocenters. The second-order valence-electron chi connectivity index (χ2n) is 4.69. The Morgan fingerprint density at radius 1 is 1.10 bits per heavy atom. The molecule has 0 aliphatic rings. The lowest BCUT2D eigenvalue weighted by atomic mass is 10.1. The molecule has 0 amide bonds. The van der Waals surface area contributed by atoms with E-state index in [1.54, 1.807) is 0 Å². The van der Waals surface area contributed by atoms with Gasteiger partial charge in [0.15, 0.2) is 5.11 Å². The molecule has 2 aromatic rings. The van der Waals surface area contributed by atoms with E-state index >= 15 is 0 Å². The third-order valence-corrected chi connectivity index (χ3v) is 3.29. The quantitative estimate of drug-likeness (QED) is 0.813. The average Bonchev–Trinajstić information content (AvgIpc) is 2.49. The van der Waals surface area contributed by atoms with Gasteiger partial charge < -0.3 is 15.4 Å². The van der Waals surface area contributed by atoms with Gasteiger partial charge in [-0.05, 0) is 55.9 Å². The standard InChI is InChI=1S/C17H20N2OS/c1-3-20-16-11-9-14(10-12-16)13(2)18-17(21)19-15-7-5-4-6-8-15/h4-13H,3H2,1-2H3,(H2,18,19,21)/t13-/m1/s1. The number of benzene rings is 2. The lowest BCUT2D eigenvalue weighted by molar-refractivity contribution is 0.340. The molecular formula is C17H20N2OS. The van der Waals surface area contributed by atoms with Gasteiger partial charge in [0.05, 0.1) is 12.6 Å². The molecule has 3 nitrogen and oxygen atoms in total. The summed E-state index contributed by atoms with van der Waals surface area (Å²) in [6.45, 7) is 4.73. The van der Waals surface area contributed by atoms with Crippen LogP contribution >= 0.6 is 12.2 Å². The number of hydrogen-bond acceptors (Lipinski definition) is 2. The van der Waals surface area contributed by atoms with Crippen LogP contribution in [0.1, 0.15) is 25.5 Å². The fourth-order valence-corrected chi connectivity index (χ4v) is 2.28. The molecule has 0 aliphatic carbocycles. The van der Waals surface area contributed by atoms with Gasteiger partial charge in [0.1, 0.15) is 5.75 Å². The Labute approximate surface area is 131 Å². The van der Waals surface area contributed by atoms with Crippen LogP contribution in [0.2, 0.25) is 0 Å². The minimum atomic E-state index is 0.129. The molecule has 2 aromatic carbocycles.